The van der Waals surface area contributed by atoms with E-state index in [1.165, 1.54) is 17.8 Å². The normalized spacial score (nSPS) is 19.8. The summed E-state index contributed by atoms with van der Waals surface area (Å²) in [5.74, 6) is -0.237. The molecule has 2 atom stereocenters. The first-order valence-corrected chi connectivity index (χ1v) is 9.51. The van der Waals surface area contributed by atoms with Crippen molar-refractivity contribution in [3.63, 3.8) is 0 Å². The van der Waals surface area contributed by atoms with Crippen molar-refractivity contribution in [1.29, 1.82) is 0 Å². The number of nitrogens with zero attached hydrogens (tertiary/aromatic N) is 5. The van der Waals surface area contributed by atoms with Crippen LogP contribution >= 0.6 is 0 Å². The van der Waals surface area contributed by atoms with Gasteiger partial charge in [-0.05, 0) is 18.9 Å². The van der Waals surface area contributed by atoms with Gasteiger partial charge in [-0.25, -0.2) is 9.50 Å². The van der Waals surface area contributed by atoms with Gasteiger partial charge in [0.2, 0.25) is 0 Å². The molecule has 160 valence electrons. The summed E-state index contributed by atoms with van der Waals surface area (Å²) in [5, 5.41) is 13.0. The Morgan fingerprint density at radius 2 is 2.07 bits per heavy atom. The van der Waals surface area contributed by atoms with E-state index in [0.29, 0.717) is 5.82 Å². The van der Waals surface area contributed by atoms with Crippen LogP contribution in [0.2, 0.25) is 0 Å². The molecule has 3 aromatic heterocycles. The number of carbonyl (C=O) groups excluding carboxylic acids is 1. The summed E-state index contributed by atoms with van der Waals surface area (Å²) >= 11 is 0. The average Bonchev–Trinajstić information content (AvgIpc) is 3.26. The Hall–Kier alpha value is -3.15. The van der Waals surface area contributed by atoms with Crippen LogP contribution in [0.15, 0.2) is 24.7 Å². The topological polar surface area (TPSA) is 115 Å². The fourth-order valence-electron chi connectivity index (χ4n) is 3.62. The van der Waals surface area contributed by atoms with Gasteiger partial charge < -0.3 is 16.4 Å². The highest BCUT2D eigenvalue weighted by molar-refractivity contribution is 6.08. The van der Waals surface area contributed by atoms with E-state index in [1.807, 2.05) is 0 Å². The highest BCUT2D eigenvalue weighted by Crippen LogP contribution is 2.33. The standard InChI is InChI=1S/C18H21F3N8O/c1-28-9-13(15(27-28)18(19,20)21)25-17(30)10-8-23-29-7-6-14(26-16(10)29)24-12-5-3-2-4-11(12)22/h6-9,11-12H,2-5,22H2,1H3,(H,24,26)(H,25,30)/t11-,12+/m0/s1. The molecule has 0 radical (unpaired) electrons. The van der Waals surface area contributed by atoms with Crippen molar-refractivity contribution in [3.8, 4) is 0 Å². The Labute approximate surface area is 169 Å². The maximum Gasteiger partial charge on any atom is 0.437 e. The zero-order valence-electron chi connectivity index (χ0n) is 16.1. The van der Waals surface area contributed by atoms with Crippen molar-refractivity contribution in [2.45, 2.75) is 43.9 Å². The van der Waals surface area contributed by atoms with E-state index in [9.17, 15) is 18.0 Å². The smallest absolute Gasteiger partial charge is 0.366 e. The van der Waals surface area contributed by atoms with Crippen LogP contribution in [0.5, 0.6) is 0 Å². The Morgan fingerprint density at radius 3 is 2.80 bits per heavy atom. The maximum atomic E-state index is 13.1. The molecule has 1 amide bonds. The number of aromatic nitrogens is 5. The van der Waals surface area contributed by atoms with Gasteiger partial charge in [0.15, 0.2) is 11.3 Å². The number of halogens is 3. The van der Waals surface area contributed by atoms with Crippen LogP contribution in [0, 0.1) is 0 Å². The van der Waals surface area contributed by atoms with Gasteiger partial charge >= 0.3 is 6.18 Å². The lowest BCUT2D eigenvalue weighted by molar-refractivity contribution is -0.140. The summed E-state index contributed by atoms with van der Waals surface area (Å²) in [6.45, 7) is 0. The number of carbonyl (C=O) groups is 1. The molecule has 1 fully saturated rings. The van der Waals surface area contributed by atoms with Crippen LogP contribution in [0.25, 0.3) is 5.65 Å². The minimum atomic E-state index is -4.70. The number of fused-ring (bicyclic) bond motifs is 1. The molecule has 30 heavy (non-hydrogen) atoms. The maximum absolute atomic E-state index is 13.1. The Kier molecular flexibility index (Phi) is 5.10. The predicted molar refractivity (Wildman–Crippen MR) is 103 cm³/mol. The van der Waals surface area contributed by atoms with E-state index in [1.54, 1.807) is 12.3 Å². The van der Waals surface area contributed by atoms with Crippen LogP contribution < -0.4 is 16.4 Å². The van der Waals surface area contributed by atoms with Gasteiger partial charge in [0, 0.05) is 31.5 Å². The molecule has 12 heteroatoms. The third kappa shape index (κ3) is 3.95. The molecule has 4 rings (SSSR count). The van der Waals surface area contributed by atoms with Crippen LogP contribution in [0.4, 0.5) is 24.7 Å². The largest absolute Gasteiger partial charge is 0.437 e. The summed E-state index contributed by atoms with van der Waals surface area (Å²) in [6.07, 6.45) is 3.29. The molecule has 0 unspecified atom stereocenters. The highest BCUT2D eigenvalue weighted by atomic mass is 19.4. The summed E-state index contributed by atoms with van der Waals surface area (Å²) < 4.78 is 41.8. The van der Waals surface area contributed by atoms with Crippen molar-refractivity contribution < 1.29 is 18.0 Å². The minimum absolute atomic E-state index is 0.0100. The first-order chi connectivity index (χ1) is 14.2. The molecule has 0 saturated heterocycles. The van der Waals surface area contributed by atoms with E-state index in [2.05, 4.69) is 25.8 Å². The molecule has 4 N–H and O–H groups in total. The van der Waals surface area contributed by atoms with Gasteiger partial charge in [-0.2, -0.15) is 23.4 Å². The molecule has 9 nitrogen and oxygen atoms in total. The third-order valence-electron chi connectivity index (χ3n) is 5.11. The summed E-state index contributed by atoms with van der Waals surface area (Å²) in [7, 11) is 1.34. The van der Waals surface area contributed by atoms with Crippen LogP contribution in [-0.2, 0) is 13.2 Å². The number of nitrogens with two attached hydrogens (primary N) is 1. The first-order valence-electron chi connectivity index (χ1n) is 9.51. The van der Waals surface area contributed by atoms with Gasteiger partial charge in [-0.15, -0.1) is 0 Å². The zero-order chi connectivity index (χ0) is 21.5. The van der Waals surface area contributed by atoms with Crippen LogP contribution in [0.1, 0.15) is 41.7 Å². The molecule has 0 bridgehead atoms. The van der Waals surface area contributed by atoms with Crippen molar-refractivity contribution >= 4 is 23.1 Å². The fraction of sp³-hybridized carbons (Fsp3) is 0.444. The number of anilines is 2. The molecule has 1 saturated carbocycles. The molecule has 1 aliphatic rings. The molecule has 3 aromatic rings. The second kappa shape index (κ2) is 7.59. The monoisotopic (exact) mass is 422 g/mol. The summed E-state index contributed by atoms with van der Waals surface area (Å²) in [6, 6.07) is 1.79. The lowest BCUT2D eigenvalue weighted by Crippen LogP contribution is -2.42. The number of aryl methyl sites for hydroxylation is 1. The van der Waals surface area contributed by atoms with Gasteiger partial charge in [0.25, 0.3) is 5.91 Å². The molecule has 0 aliphatic heterocycles. The van der Waals surface area contributed by atoms with Crippen LogP contribution in [-0.4, -0.2) is 42.4 Å². The van der Waals surface area contributed by atoms with E-state index in [-0.39, 0.29) is 23.3 Å². The van der Waals surface area contributed by atoms with Gasteiger partial charge in [0.1, 0.15) is 11.4 Å². The van der Waals surface area contributed by atoms with Crippen molar-refractivity contribution in [2.75, 3.05) is 10.6 Å². The van der Waals surface area contributed by atoms with Gasteiger partial charge in [0.05, 0.1) is 11.9 Å². The van der Waals surface area contributed by atoms with E-state index in [4.69, 9.17) is 5.73 Å². The molecule has 0 aromatic carbocycles. The molecule has 3 heterocycles. The SMILES string of the molecule is Cn1cc(NC(=O)c2cnn3ccc(N[C@@H]4CCCC[C@@H]4N)nc23)c(C(F)(F)F)n1. The summed E-state index contributed by atoms with van der Waals surface area (Å²) in [5.41, 5.74) is 4.83. The lowest BCUT2D eigenvalue weighted by Gasteiger charge is -2.29. The predicted octanol–water partition coefficient (Wildman–Crippen LogP) is 2.42. The van der Waals surface area contributed by atoms with Crippen molar-refractivity contribution in [2.24, 2.45) is 12.8 Å². The van der Waals surface area contributed by atoms with Crippen molar-refractivity contribution in [1.82, 2.24) is 24.4 Å². The quantitative estimate of drug-likeness (QED) is 0.595. The fourth-order valence-corrected chi connectivity index (χ4v) is 3.62. The van der Waals surface area contributed by atoms with Gasteiger partial charge in [-0.1, -0.05) is 12.8 Å². The number of alkyl halides is 3. The number of rotatable bonds is 4. The van der Waals surface area contributed by atoms with Crippen LogP contribution in [0.3, 0.4) is 0 Å². The number of hydrogen-bond donors (Lipinski definition) is 3. The Balaban J connectivity index is 1.59. The molecular weight excluding hydrogens is 401 g/mol. The zero-order valence-corrected chi connectivity index (χ0v) is 16.1. The number of amides is 1. The molecule has 0 spiro atoms. The minimum Gasteiger partial charge on any atom is -0.366 e. The number of hydrogen-bond acceptors (Lipinski definition) is 6. The second-order valence-corrected chi connectivity index (χ2v) is 7.36. The Bertz CT molecular complexity index is 1070. The van der Waals surface area contributed by atoms with Gasteiger partial charge in [-0.3, -0.25) is 9.48 Å². The lowest BCUT2D eigenvalue weighted by atomic mass is 9.91. The van der Waals surface area contributed by atoms with Crippen molar-refractivity contribution in [3.05, 3.63) is 35.9 Å². The second-order valence-electron chi connectivity index (χ2n) is 7.36. The summed E-state index contributed by atoms with van der Waals surface area (Å²) in [4.78, 5) is 17.1. The average molecular weight is 422 g/mol. The molecular formula is C18H21F3N8O. The van der Waals surface area contributed by atoms with E-state index in [0.717, 1.165) is 36.6 Å². The molecule has 1 aliphatic carbocycles. The van der Waals surface area contributed by atoms with E-state index < -0.39 is 23.5 Å². The Morgan fingerprint density at radius 1 is 1.30 bits per heavy atom. The third-order valence-corrected chi connectivity index (χ3v) is 5.11. The highest BCUT2D eigenvalue weighted by Gasteiger charge is 2.38. The number of nitrogens with one attached hydrogen (secondary N) is 2. The van der Waals surface area contributed by atoms with E-state index >= 15 is 0 Å². The first kappa shape index (κ1) is 20.1.